The zero-order valence-corrected chi connectivity index (χ0v) is 7.66. The third-order valence-electron chi connectivity index (χ3n) is 0.879. The van der Waals surface area contributed by atoms with E-state index in [4.69, 9.17) is 13.7 Å². The van der Waals surface area contributed by atoms with E-state index in [0.717, 1.165) is 11.3 Å². The van der Waals surface area contributed by atoms with E-state index in [0.29, 0.717) is 0 Å². The Balaban J connectivity index is 3.53. The Labute approximate surface area is 93.4 Å². The van der Waals surface area contributed by atoms with Crippen LogP contribution in [0.5, 0.6) is 0 Å². The molecule has 11 heavy (non-hydrogen) atoms. The second kappa shape index (κ2) is 4.07. The molecule has 0 unspecified atom stereocenters. The largest absolute Gasteiger partial charge is 0.349 e. The molecule has 0 atom stereocenters. The number of halogens is 1. The maximum atomic E-state index is 7.71. The maximum Gasteiger partial charge on any atom is 0.186 e. The van der Waals surface area contributed by atoms with Gasteiger partial charge in [0.1, 0.15) is 4.60 Å². The number of hydrogen-bond acceptors (Lipinski definition) is 3. The van der Waals surface area contributed by atoms with E-state index >= 15 is 0 Å². The van der Waals surface area contributed by atoms with Crippen molar-refractivity contribution in [3.05, 3.63) is 9.98 Å². The summed E-state index contributed by atoms with van der Waals surface area (Å²) in [5.74, 6) is 0. The van der Waals surface area contributed by atoms with Crippen molar-refractivity contribution in [2.24, 2.45) is 0 Å². The molecule has 0 aliphatic heterocycles. The van der Waals surface area contributed by atoms with Gasteiger partial charge in [0.25, 0.3) is 0 Å². The average molecular weight is 245 g/mol. The summed E-state index contributed by atoms with van der Waals surface area (Å²) in [5.41, 5.74) is 0. The number of thiazole rings is 1. The van der Waals surface area contributed by atoms with Gasteiger partial charge in [-0.3, -0.25) is 0 Å². The Hall–Kier alpha value is -0.0900. The summed E-state index contributed by atoms with van der Waals surface area (Å²) >= 11 is 3.71. The first-order chi connectivity index (χ1) is 9.12. The predicted molar refractivity (Wildman–Crippen MR) is 53.4 cm³/mol. The van der Waals surface area contributed by atoms with Gasteiger partial charge in [0.15, 0.2) is 5.13 Å². The van der Waals surface area contributed by atoms with Crippen LogP contribution in [-0.4, -0.2) is 18.0 Å². The number of nitrogens with zero attached hydrogens (tertiary/aromatic N) is 2. The third kappa shape index (κ3) is 2.17. The number of rotatable bonds is 3. The molecule has 0 radical (unpaired) electrons. The first-order valence-electron chi connectivity index (χ1n) is 7.54. The van der Waals surface area contributed by atoms with Gasteiger partial charge < -0.3 is 4.90 Å². The molecule has 2 nitrogen and oxygen atoms in total. The minimum Gasteiger partial charge on any atom is -0.349 e. The van der Waals surface area contributed by atoms with Crippen LogP contribution in [0.2, 0.25) is 0 Å². The number of anilines is 1. The van der Waals surface area contributed by atoms with Crippen molar-refractivity contribution in [1.82, 2.24) is 4.98 Å². The van der Waals surface area contributed by atoms with Gasteiger partial charge in [-0.15, -0.1) is 11.3 Å². The molecule has 4 heteroatoms. The number of hydrogen-bond donors (Lipinski definition) is 0. The summed E-state index contributed by atoms with van der Waals surface area (Å²) < 4.78 is 74.5. The van der Waals surface area contributed by atoms with Crippen molar-refractivity contribution in [1.29, 1.82) is 0 Å². The van der Waals surface area contributed by atoms with E-state index in [-0.39, 0.29) is 14.6 Å². The third-order valence-corrected chi connectivity index (χ3v) is 2.41. The second-order valence-corrected chi connectivity index (χ2v) is 3.16. The molecular weight excluding hydrogens is 224 g/mol. The van der Waals surface area contributed by atoms with Crippen LogP contribution in [-0.2, 0) is 0 Å². The first kappa shape index (κ1) is 2.45. The van der Waals surface area contributed by atoms with Crippen molar-refractivity contribution in [3.63, 3.8) is 0 Å². The standard InChI is InChI=1S/C7H11BrN2S/c1-3-10(4-2)7-9-6(8)5-11-7/h5H,3-4H2,1-2H3/i1D3,2D3,3D2,4D2. The van der Waals surface area contributed by atoms with Crippen molar-refractivity contribution >= 4 is 32.4 Å². The second-order valence-electron chi connectivity index (χ2n) is 1.51. The van der Waals surface area contributed by atoms with Crippen molar-refractivity contribution in [2.75, 3.05) is 17.9 Å². The van der Waals surface area contributed by atoms with E-state index in [1.807, 2.05) is 0 Å². The summed E-state index contributed by atoms with van der Waals surface area (Å²) in [6.45, 7) is -13.1. The zero-order valence-electron chi connectivity index (χ0n) is 15.3. The Morgan fingerprint density at radius 1 is 1.82 bits per heavy atom. The van der Waals surface area contributed by atoms with Gasteiger partial charge in [0.2, 0.25) is 0 Å². The molecule has 0 amide bonds. The minimum absolute atomic E-state index is 0.0649. The van der Waals surface area contributed by atoms with Gasteiger partial charge in [0, 0.05) is 32.1 Å². The van der Waals surface area contributed by atoms with Gasteiger partial charge in [-0.05, 0) is 29.6 Å². The molecule has 0 bridgehead atoms. The molecule has 0 N–H and O–H groups in total. The van der Waals surface area contributed by atoms with Crippen LogP contribution in [0.3, 0.4) is 0 Å². The van der Waals surface area contributed by atoms with E-state index in [1.165, 1.54) is 5.38 Å². The highest BCUT2D eigenvalue weighted by Crippen LogP contribution is 2.22. The van der Waals surface area contributed by atoms with Gasteiger partial charge in [-0.1, -0.05) is 0 Å². The van der Waals surface area contributed by atoms with Crippen molar-refractivity contribution in [2.45, 2.75) is 13.7 Å². The molecule has 0 spiro atoms. The highest BCUT2D eigenvalue weighted by Gasteiger charge is 2.04. The summed E-state index contributed by atoms with van der Waals surface area (Å²) in [5, 5.41) is 0.984. The Bertz CT molecular complexity index is 480. The lowest BCUT2D eigenvalue weighted by molar-refractivity contribution is 0.858. The van der Waals surface area contributed by atoms with Crippen LogP contribution in [0, 0.1) is 0 Å². The van der Waals surface area contributed by atoms with Crippen molar-refractivity contribution in [3.8, 4) is 0 Å². The molecule has 0 aliphatic carbocycles. The van der Waals surface area contributed by atoms with Crippen LogP contribution in [0.25, 0.3) is 0 Å². The molecular formula is C7H11BrN2S. The minimum atomic E-state index is -3.27. The Kier molecular flexibility index (Phi) is 0.906. The summed E-state index contributed by atoms with van der Waals surface area (Å²) in [4.78, 5) is 3.82. The van der Waals surface area contributed by atoms with Gasteiger partial charge >= 0.3 is 0 Å². The predicted octanol–water partition coefficient (Wildman–Crippen LogP) is 2.75. The maximum absolute atomic E-state index is 7.71. The van der Waals surface area contributed by atoms with Gasteiger partial charge in [-0.2, -0.15) is 0 Å². The molecule has 0 aliphatic rings. The fourth-order valence-electron chi connectivity index (χ4n) is 0.472. The van der Waals surface area contributed by atoms with Crippen LogP contribution >= 0.6 is 27.3 Å². The lowest BCUT2D eigenvalue weighted by Gasteiger charge is -2.16. The Morgan fingerprint density at radius 3 is 3.00 bits per heavy atom. The van der Waals surface area contributed by atoms with E-state index < -0.39 is 26.7 Å². The fraction of sp³-hybridized carbons (Fsp3) is 0.571. The van der Waals surface area contributed by atoms with Gasteiger partial charge in [0.05, 0.1) is 0 Å². The van der Waals surface area contributed by atoms with Crippen LogP contribution in [0.4, 0.5) is 5.13 Å². The lowest BCUT2D eigenvalue weighted by Crippen LogP contribution is -2.21. The SMILES string of the molecule is [2H]C([2H])([2H])C([2H])([2H])N(c1nc(Br)cs1)C([2H])([2H])C([2H])([2H])[2H]. The quantitative estimate of drug-likeness (QED) is 0.814. The van der Waals surface area contributed by atoms with Crippen LogP contribution < -0.4 is 4.90 Å². The van der Waals surface area contributed by atoms with E-state index in [9.17, 15) is 0 Å². The molecule has 1 aromatic heterocycles. The molecule has 0 aromatic carbocycles. The Morgan fingerprint density at radius 2 is 2.55 bits per heavy atom. The molecule has 1 rings (SSSR count). The molecule has 0 saturated carbocycles. The highest BCUT2D eigenvalue weighted by molar-refractivity contribution is 9.10. The lowest BCUT2D eigenvalue weighted by atomic mass is 10.6. The smallest absolute Gasteiger partial charge is 0.186 e. The van der Waals surface area contributed by atoms with Crippen LogP contribution in [0.15, 0.2) is 9.98 Å². The van der Waals surface area contributed by atoms with E-state index in [1.54, 1.807) is 0 Å². The fourth-order valence-corrected chi connectivity index (χ4v) is 1.64. The summed E-state index contributed by atoms with van der Waals surface area (Å²) in [6, 6.07) is 0. The first-order valence-corrected chi connectivity index (χ1v) is 4.21. The van der Waals surface area contributed by atoms with E-state index in [2.05, 4.69) is 20.9 Å². The monoisotopic (exact) mass is 244 g/mol. The van der Waals surface area contributed by atoms with Crippen molar-refractivity contribution < 1.29 is 13.7 Å². The number of aromatic nitrogens is 1. The molecule has 62 valence electrons. The topological polar surface area (TPSA) is 16.1 Å². The molecule has 1 aromatic rings. The normalized spacial score (nSPS) is 28.5. The molecule has 0 fully saturated rings. The molecule has 1 heterocycles. The summed E-state index contributed by atoms with van der Waals surface area (Å²) in [7, 11) is 0. The zero-order chi connectivity index (χ0) is 16.9. The summed E-state index contributed by atoms with van der Waals surface area (Å²) in [6.07, 6.45) is 0. The highest BCUT2D eigenvalue weighted by atomic mass is 79.9. The van der Waals surface area contributed by atoms with Crippen LogP contribution in [0.1, 0.15) is 27.4 Å². The van der Waals surface area contributed by atoms with Gasteiger partial charge in [-0.25, -0.2) is 4.98 Å². The average Bonchev–Trinajstić information content (AvgIpc) is 2.60. The molecule has 0 saturated heterocycles.